The summed E-state index contributed by atoms with van der Waals surface area (Å²) in [5.74, 6) is 3.04. The summed E-state index contributed by atoms with van der Waals surface area (Å²) in [5.41, 5.74) is 3.00. The van der Waals surface area contributed by atoms with Gasteiger partial charge in [-0.3, -0.25) is 14.6 Å². The lowest BCUT2D eigenvalue weighted by molar-refractivity contribution is -0.272. The smallest absolute Gasteiger partial charge is 0.229 e. The van der Waals surface area contributed by atoms with Crippen molar-refractivity contribution in [2.45, 2.75) is 116 Å². The zero-order chi connectivity index (χ0) is 30.0. The molecule has 6 aliphatic rings. The fraction of sp³-hybridized carbons (Fsp3) is 0.750. The molecule has 7 rings (SSSR count). The van der Waals surface area contributed by atoms with Gasteiger partial charge in [-0.05, 0) is 103 Å². The number of hydrogen-bond acceptors (Lipinski definition) is 5. The van der Waals surface area contributed by atoms with Crippen molar-refractivity contribution in [3.63, 3.8) is 0 Å². The lowest BCUT2D eigenvalue weighted by Gasteiger charge is -2.58. The first-order chi connectivity index (χ1) is 20.6. The SMILES string of the molecule is C[C@@H]1CC[C@@]2(OC1)O[C@H]1C[C@H]3[C@@H]4CC=C5CC(NC(=O)CC(=O)NCc6cccnc6)CC[C@]5(C)[C@H]4CC[C@]3(C)[C@H]1[C@@H]2C. The van der Waals surface area contributed by atoms with Crippen molar-refractivity contribution < 1.29 is 19.1 Å². The molecule has 1 spiro atoms. The highest BCUT2D eigenvalue weighted by atomic mass is 16.7. The number of ether oxygens (including phenoxy) is 2. The third-order valence-electron chi connectivity index (χ3n) is 13.3. The lowest BCUT2D eigenvalue weighted by atomic mass is 9.46. The molecule has 3 heterocycles. The predicted molar refractivity (Wildman–Crippen MR) is 164 cm³/mol. The van der Waals surface area contributed by atoms with E-state index in [1.54, 1.807) is 18.0 Å². The van der Waals surface area contributed by atoms with Gasteiger partial charge >= 0.3 is 0 Å². The maximum atomic E-state index is 12.8. The van der Waals surface area contributed by atoms with Gasteiger partial charge in [-0.15, -0.1) is 0 Å². The number of hydrogen-bond donors (Lipinski definition) is 2. The predicted octanol–water partition coefficient (Wildman–Crippen LogP) is 5.94. The summed E-state index contributed by atoms with van der Waals surface area (Å²) in [6, 6.07) is 3.86. The molecule has 3 saturated carbocycles. The quantitative estimate of drug-likeness (QED) is 0.328. The van der Waals surface area contributed by atoms with Gasteiger partial charge in [0.2, 0.25) is 11.8 Å². The molecule has 43 heavy (non-hydrogen) atoms. The van der Waals surface area contributed by atoms with Gasteiger partial charge in [0.25, 0.3) is 0 Å². The zero-order valence-electron chi connectivity index (χ0n) is 26.6. The first-order valence-electron chi connectivity index (χ1n) is 17.1. The largest absolute Gasteiger partial charge is 0.353 e. The standard InChI is InChI=1S/C36H51N3O4/c1-22-9-14-36(42-21-22)23(2)33-30(43-36)17-29-27-8-7-25-16-26(10-12-34(25,3)28(27)11-13-35(29,33)4)39-32(41)18-31(40)38-20-24-6-5-15-37-19-24/h5-7,15,19,22-23,26-30,33H,8-14,16-18,20-21H2,1-4H3,(H,38,40)(H,39,41)/t22-,23+,26?,27-,28+,29+,30+,33+,34+,35+,36-/m1/s1. The van der Waals surface area contributed by atoms with Gasteiger partial charge in [0.1, 0.15) is 6.42 Å². The van der Waals surface area contributed by atoms with Crippen LogP contribution in [0.1, 0.15) is 97.5 Å². The highest BCUT2D eigenvalue weighted by Crippen LogP contribution is 2.70. The van der Waals surface area contributed by atoms with Crippen LogP contribution in [0.2, 0.25) is 0 Å². The second kappa shape index (κ2) is 11.0. The Hall–Kier alpha value is -2.25. The number of rotatable bonds is 5. The van der Waals surface area contributed by atoms with Crippen LogP contribution in [0.15, 0.2) is 36.2 Å². The molecule has 234 valence electrons. The minimum absolute atomic E-state index is 0.109. The van der Waals surface area contributed by atoms with E-state index in [1.807, 2.05) is 12.1 Å². The van der Waals surface area contributed by atoms with Crippen molar-refractivity contribution in [3.05, 3.63) is 41.7 Å². The molecule has 5 fully saturated rings. The molecule has 1 unspecified atom stereocenters. The van der Waals surface area contributed by atoms with Crippen LogP contribution in [0.5, 0.6) is 0 Å². The number of aromatic nitrogens is 1. The highest BCUT2D eigenvalue weighted by molar-refractivity contribution is 5.96. The molecule has 4 aliphatic carbocycles. The number of carbonyl (C=O) groups is 2. The Balaban J connectivity index is 0.975. The Labute approximate surface area is 257 Å². The maximum absolute atomic E-state index is 12.8. The number of pyridine rings is 1. The van der Waals surface area contributed by atoms with Crippen molar-refractivity contribution in [1.82, 2.24) is 15.6 Å². The summed E-state index contributed by atoms with van der Waals surface area (Å²) in [6.45, 7) is 11.1. The summed E-state index contributed by atoms with van der Waals surface area (Å²) in [6.07, 6.45) is 16.4. The van der Waals surface area contributed by atoms with Gasteiger partial charge < -0.3 is 20.1 Å². The van der Waals surface area contributed by atoms with Crippen LogP contribution in [0.4, 0.5) is 0 Å². The summed E-state index contributed by atoms with van der Waals surface area (Å²) in [5, 5.41) is 6.03. The van der Waals surface area contributed by atoms with E-state index < -0.39 is 0 Å². The monoisotopic (exact) mass is 589 g/mol. The van der Waals surface area contributed by atoms with Crippen molar-refractivity contribution in [1.29, 1.82) is 0 Å². The minimum atomic E-state index is -0.346. The Morgan fingerprint density at radius 3 is 2.70 bits per heavy atom. The van der Waals surface area contributed by atoms with Crippen LogP contribution in [0.25, 0.3) is 0 Å². The van der Waals surface area contributed by atoms with E-state index in [0.29, 0.717) is 53.6 Å². The second-order valence-electron chi connectivity index (χ2n) is 15.6. The molecular formula is C36H51N3O4. The van der Waals surface area contributed by atoms with E-state index in [1.165, 1.54) is 25.7 Å². The number of carbonyl (C=O) groups excluding carboxylic acids is 2. The molecule has 2 N–H and O–H groups in total. The fourth-order valence-corrected chi connectivity index (χ4v) is 11.0. The first-order valence-corrected chi connectivity index (χ1v) is 17.1. The number of nitrogens with zero attached hydrogens (tertiary/aromatic N) is 1. The Morgan fingerprint density at radius 2 is 1.93 bits per heavy atom. The molecule has 7 nitrogen and oxygen atoms in total. The van der Waals surface area contributed by atoms with Crippen molar-refractivity contribution in [2.24, 2.45) is 46.3 Å². The highest BCUT2D eigenvalue weighted by Gasteiger charge is 2.68. The molecule has 0 bridgehead atoms. The second-order valence-corrected chi connectivity index (χ2v) is 15.6. The number of amides is 2. The number of allylic oxidation sites excluding steroid dienone is 1. The fourth-order valence-electron chi connectivity index (χ4n) is 11.0. The molecule has 0 aromatic carbocycles. The third-order valence-corrected chi connectivity index (χ3v) is 13.3. The normalized spacial score (nSPS) is 44.9. The Morgan fingerprint density at radius 1 is 1.07 bits per heavy atom. The van der Waals surface area contributed by atoms with Crippen molar-refractivity contribution in [2.75, 3.05) is 6.61 Å². The van der Waals surface area contributed by atoms with Gasteiger partial charge in [-0.2, -0.15) is 0 Å². The van der Waals surface area contributed by atoms with E-state index in [4.69, 9.17) is 9.47 Å². The van der Waals surface area contributed by atoms with Crippen molar-refractivity contribution >= 4 is 11.8 Å². The first kappa shape index (κ1) is 29.5. The van der Waals surface area contributed by atoms with E-state index in [9.17, 15) is 9.59 Å². The van der Waals surface area contributed by atoms with Gasteiger partial charge in [-0.25, -0.2) is 0 Å². The van der Waals surface area contributed by atoms with E-state index >= 15 is 0 Å². The third kappa shape index (κ3) is 4.97. The lowest BCUT2D eigenvalue weighted by Crippen LogP contribution is -2.53. The number of nitrogens with one attached hydrogen (secondary N) is 2. The van der Waals surface area contributed by atoms with Crippen LogP contribution < -0.4 is 10.6 Å². The van der Waals surface area contributed by atoms with Gasteiger partial charge in [0, 0.05) is 37.3 Å². The molecule has 0 radical (unpaired) electrons. The molecule has 1 aromatic rings. The van der Waals surface area contributed by atoms with Gasteiger partial charge in [-0.1, -0.05) is 45.4 Å². The summed E-state index contributed by atoms with van der Waals surface area (Å²) in [7, 11) is 0. The molecule has 11 atom stereocenters. The molecule has 2 aliphatic heterocycles. The van der Waals surface area contributed by atoms with Crippen LogP contribution in [0, 0.1) is 46.3 Å². The zero-order valence-corrected chi connectivity index (χ0v) is 26.6. The van der Waals surface area contributed by atoms with Gasteiger partial charge in [0.15, 0.2) is 5.79 Å². The average molecular weight is 590 g/mol. The van der Waals surface area contributed by atoms with Gasteiger partial charge in [0.05, 0.1) is 12.7 Å². The average Bonchev–Trinajstić information content (AvgIpc) is 3.44. The summed E-state index contributed by atoms with van der Waals surface area (Å²) < 4.78 is 13.5. The molecule has 1 aromatic heterocycles. The topological polar surface area (TPSA) is 89.5 Å². The van der Waals surface area contributed by atoms with Crippen LogP contribution in [0.3, 0.4) is 0 Å². The van der Waals surface area contributed by atoms with E-state index in [2.05, 4.69) is 49.4 Å². The van der Waals surface area contributed by atoms with Crippen LogP contribution in [-0.4, -0.2) is 41.3 Å². The molecule has 7 heteroatoms. The minimum Gasteiger partial charge on any atom is -0.353 e. The molecule has 2 amide bonds. The summed E-state index contributed by atoms with van der Waals surface area (Å²) in [4.78, 5) is 29.3. The summed E-state index contributed by atoms with van der Waals surface area (Å²) >= 11 is 0. The molecular weight excluding hydrogens is 538 g/mol. The Kier molecular flexibility index (Phi) is 7.52. The van der Waals surface area contributed by atoms with E-state index in [0.717, 1.165) is 44.3 Å². The van der Waals surface area contributed by atoms with Crippen LogP contribution >= 0.6 is 0 Å². The molecule has 2 saturated heterocycles. The van der Waals surface area contributed by atoms with Crippen molar-refractivity contribution in [3.8, 4) is 0 Å². The number of fused-ring (bicyclic) bond motifs is 7. The van der Waals surface area contributed by atoms with Crippen LogP contribution in [-0.2, 0) is 25.6 Å². The van der Waals surface area contributed by atoms with E-state index in [-0.39, 0.29) is 35.5 Å². The maximum Gasteiger partial charge on any atom is 0.229 e. The Bertz CT molecular complexity index is 1260.